The van der Waals surface area contributed by atoms with Crippen molar-refractivity contribution < 1.29 is 4.79 Å². The number of halogens is 1. The summed E-state index contributed by atoms with van der Waals surface area (Å²) in [5.74, 6) is 1.46. The van der Waals surface area contributed by atoms with Crippen LogP contribution in [0.25, 0.3) is 0 Å². The number of hydrogen-bond donors (Lipinski definition) is 2. The summed E-state index contributed by atoms with van der Waals surface area (Å²) in [6.07, 6.45) is 6.88. The standard InChI is InChI=1S/C16H30N2O.ClH/c1-16(2,3)13-6-4-5-7-14(13)18-15(19)10-12-8-9-17-11-12;/h12-14,17H,4-11H2,1-3H3,(H,18,19);1H. The molecule has 1 saturated carbocycles. The Morgan fingerprint density at radius 2 is 1.90 bits per heavy atom. The minimum atomic E-state index is 0. The van der Waals surface area contributed by atoms with E-state index in [0.717, 1.165) is 25.9 Å². The molecule has 3 nitrogen and oxygen atoms in total. The van der Waals surface area contributed by atoms with Crippen molar-refractivity contribution in [2.24, 2.45) is 17.3 Å². The van der Waals surface area contributed by atoms with Gasteiger partial charge in [0, 0.05) is 12.5 Å². The smallest absolute Gasteiger partial charge is 0.220 e. The molecule has 4 heteroatoms. The van der Waals surface area contributed by atoms with Crippen molar-refractivity contribution in [3.63, 3.8) is 0 Å². The van der Waals surface area contributed by atoms with Crippen molar-refractivity contribution in [2.45, 2.75) is 65.3 Å². The van der Waals surface area contributed by atoms with Crippen molar-refractivity contribution in [1.29, 1.82) is 0 Å². The van der Waals surface area contributed by atoms with Crippen LogP contribution < -0.4 is 10.6 Å². The highest BCUT2D eigenvalue weighted by Gasteiger charge is 2.35. The summed E-state index contributed by atoms with van der Waals surface area (Å²) in [4.78, 5) is 12.2. The molecular formula is C16H31ClN2O. The Hall–Kier alpha value is -0.280. The molecule has 0 aromatic rings. The van der Waals surface area contributed by atoms with Crippen molar-refractivity contribution in [2.75, 3.05) is 13.1 Å². The van der Waals surface area contributed by atoms with E-state index in [-0.39, 0.29) is 18.3 Å². The quantitative estimate of drug-likeness (QED) is 0.841. The van der Waals surface area contributed by atoms with E-state index < -0.39 is 0 Å². The number of carbonyl (C=O) groups excluding carboxylic acids is 1. The van der Waals surface area contributed by atoms with E-state index in [1.807, 2.05) is 0 Å². The fourth-order valence-corrected chi connectivity index (χ4v) is 3.76. The van der Waals surface area contributed by atoms with Crippen LogP contribution in [0.5, 0.6) is 0 Å². The van der Waals surface area contributed by atoms with Gasteiger partial charge in [-0.05, 0) is 49.6 Å². The number of carbonyl (C=O) groups is 1. The van der Waals surface area contributed by atoms with Gasteiger partial charge in [-0.25, -0.2) is 0 Å². The summed E-state index contributed by atoms with van der Waals surface area (Å²) in [6, 6.07) is 0.399. The molecule has 0 bridgehead atoms. The lowest BCUT2D eigenvalue weighted by Gasteiger charge is -2.40. The first-order chi connectivity index (χ1) is 8.97. The monoisotopic (exact) mass is 302 g/mol. The zero-order valence-corrected chi connectivity index (χ0v) is 14.0. The highest BCUT2D eigenvalue weighted by atomic mass is 35.5. The normalized spacial score (nSPS) is 30.6. The summed E-state index contributed by atoms with van der Waals surface area (Å²) >= 11 is 0. The molecule has 1 aliphatic carbocycles. The molecule has 1 heterocycles. The van der Waals surface area contributed by atoms with Gasteiger partial charge in [-0.3, -0.25) is 4.79 Å². The molecule has 0 spiro atoms. The molecule has 0 aromatic heterocycles. The lowest BCUT2D eigenvalue weighted by Crippen LogP contribution is -2.47. The molecule has 1 aliphatic heterocycles. The van der Waals surface area contributed by atoms with Gasteiger partial charge < -0.3 is 10.6 Å². The van der Waals surface area contributed by atoms with Gasteiger partial charge in [-0.15, -0.1) is 12.4 Å². The molecular weight excluding hydrogens is 272 g/mol. The zero-order chi connectivity index (χ0) is 13.9. The highest BCUT2D eigenvalue weighted by molar-refractivity contribution is 5.85. The third-order valence-electron chi connectivity index (χ3n) is 4.86. The van der Waals surface area contributed by atoms with Gasteiger partial charge in [0.2, 0.25) is 5.91 Å². The van der Waals surface area contributed by atoms with Gasteiger partial charge in [0.15, 0.2) is 0 Å². The van der Waals surface area contributed by atoms with Crippen LogP contribution in [-0.4, -0.2) is 25.0 Å². The zero-order valence-electron chi connectivity index (χ0n) is 13.2. The molecule has 1 saturated heterocycles. The van der Waals surface area contributed by atoms with Gasteiger partial charge in [0.1, 0.15) is 0 Å². The van der Waals surface area contributed by atoms with E-state index in [0.29, 0.717) is 29.7 Å². The minimum Gasteiger partial charge on any atom is -0.353 e. The first-order valence-electron chi connectivity index (χ1n) is 7.97. The van der Waals surface area contributed by atoms with Crippen LogP contribution in [0.2, 0.25) is 0 Å². The molecule has 2 N–H and O–H groups in total. The maximum atomic E-state index is 12.2. The molecule has 2 aliphatic rings. The Morgan fingerprint density at radius 3 is 2.50 bits per heavy atom. The van der Waals surface area contributed by atoms with Crippen LogP contribution in [0.1, 0.15) is 59.3 Å². The van der Waals surface area contributed by atoms with Crippen molar-refractivity contribution in [3.05, 3.63) is 0 Å². The van der Waals surface area contributed by atoms with E-state index in [4.69, 9.17) is 0 Å². The van der Waals surface area contributed by atoms with Gasteiger partial charge in [-0.1, -0.05) is 33.6 Å². The molecule has 2 rings (SSSR count). The fourth-order valence-electron chi connectivity index (χ4n) is 3.76. The first-order valence-corrected chi connectivity index (χ1v) is 7.97. The Balaban J connectivity index is 0.00000200. The van der Waals surface area contributed by atoms with Crippen LogP contribution in [0.3, 0.4) is 0 Å². The van der Waals surface area contributed by atoms with Crippen LogP contribution in [0.4, 0.5) is 0 Å². The second kappa shape index (κ2) is 7.65. The maximum absolute atomic E-state index is 12.2. The van der Waals surface area contributed by atoms with Gasteiger partial charge in [-0.2, -0.15) is 0 Å². The molecule has 2 fully saturated rings. The number of nitrogens with one attached hydrogen (secondary N) is 2. The molecule has 20 heavy (non-hydrogen) atoms. The Morgan fingerprint density at radius 1 is 1.20 bits per heavy atom. The Bertz CT molecular complexity index is 308. The average Bonchev–Trinajstić information content (AvgIpc) is 2.81. The lowest BCUT2D eigenvalue weighted by molar-refractivity contribution is -0.123. The number of hydrogen-bond acceptors (Lipinski definition) is 2. The predicted octanol–water partition coefficient (Wildman–Crippen LogP) is 3.13. The SMILES string of the molecule is CC(C)(C)C1CCCCC1NC(=O)CC1CCNC1.Cl. The minimum absolute atomic E-state index is 0. The predicted molar refractivity (Wildman–Crippen MR) is 86.2 cm³/mol. The number of amides is 1. The molecule has 118 valence electrons. The third-order valence-corrected chi connectivity index (χ3v) is 4.86. The summed E-state index contributed by atoms with van der Waals surface area (Å²) in [7, 11) is 0. The van der Waals surface area contributed by atoms with Gasteiger partial charge in [0.25, 0.3) is 0 Å². The largest absolute Gasteiger partial charge is 0.353 e. The van der Waals surface area contributed by atoms with Gasteiger partial charge >= 0.3 is 0 Å². The van der Waals surface area contributed by atoms with Crippen molar-refractivity contribution >= 4 is 18.3 Å². The maximum Gasteiger partial charge on any atom is 0.220 e. The van der Waals surface area contributed by atoms with E-state index in [1.54, 1.807) is 0 Å². The van der Waals surface area contributed by atoms with E-state index in [2.05, 4.69) is 31.4 Å². The summed E-state index contributed by atoms with van der Waals surface area (Å²) in [5, 5.41) is 6.67. The van der Waals surface area contributed by atoms with Crippen molar-refractivity contribution in [3.8, 4) is 0 Å². The van der Waals surface area contributed by atoms with Crippen LogP contribution >= 0.6 is 12.4 Å². The van der Waals surface area contributed by atoms with E-state index >= 15 is 0 Å². The summed E-state index contributed by atoms with van der Waals surface area (Å²) < 4.78 is 0. The van der Waals surface area contributed by atoms with Gasteiger partial charge in [0.05, 0.1) is 0 Å². The van der Waals surface area contributed by atoms with Crippen LogP contribution in [0.15, 0.2) is 0 Å². The van der Waals surface area contributed by atoms with Crippen LogP contribution in [-0.2, 0) is 4.79 Å². The summed E-state index contributed by atoms with van der Waals surface area (Å²) in [6.45, 7) is 9.02. The third kappa shape index (κ3) is 4.92. The molecule has 3 unspecified atom stereocenters. The second-order valence-corrected chi connectivity index (χ2v) is 7.49. The first kappa shape index (κ1) is 17.8. The van der Waals surface area contributed by atoms with Crippen molar-refractivity contribution in [1.82, 2.24) is 10.6 Å². The molecule has 3 atom stereocenters. The van der Waals surface area contributed by atoms with Crippen LogP contribution in [0, 0.1) is 17.3 Å². The lowest BCUT2D eigenvalue weighted by atomic mass is 9.69. The topological polar surface area (TPSA) is 41.1 Å². The molecule has 1 amide bonds. The highest BCUT2D eigenvalue weighted by Crippen LogP contribution is 2.38. The Kier molecular flexibility index (Phi) is 6.80. The number of rotatable bonds is 3. The molecule has 0 radical (unpaired) electrons. The summed E-state index contributed by atoms with van der Waals surface area (Å²) in [5.41, 5.74) is 0.299. The fraction of sp³-hybridized carbons (Fsp3) is 0.938. The molecule has 0 aromatic carbocycles. The average molecular weight is 303 g/mol. The van der Waals surface area contributed by atoms with E-state index in [9.17, 15) is 4.79 Å². The van der Waals surface area contributed by atoms with E-state index in [1.165, 1.54) is 19.3 Å². The second-order valence-electron chi connectivity index (χ2n) is 7.49. The Labute approximate surface area is 130 Å².